The van der Waals surface area contributed by atoms with Crippen LogP contribution < -0.4 is 4.74 Å². The van der Waals surface area contributed by atoms with Crippen molar-refractivity contribution in [3.63, 3.8) is 0 Å². The Balaban J connectivity index is 1.33. The molecule has 1 aliphatic rings. The molecule has 0 spiro atoms. The molecule has 0 bridgehead atoms. The first-order valence-corrected chi connectivity index (χ1v) is 11.4. The molecule has 3 aromatic carbocycles. The summed E-state index contributed by atoms with van der Waals surface area (Å²) in [7, 11) is 0. The molecular formula is C27H23ClN2O4. The molecule has 0 amide bonds. The van der Waals surface area contributed by atoms with E-state index in [4.69, 9.17) is 25.8 Å². The van der Waals surface area contributed by atoms with Crippen LogP contribution >= 0.6 is 11.6 Å². The molecule has 0 N–H and O–H groups in total. The van der Waals surface area contributed by atoms with Crippen LogP contribution in [0.3, 0.4) is 0 Å². The maximum atomic E-state index is 12.5. The van der Waals surface area contributed by atoms with E-state index < -0.39 is 17.9 Å². The molecule has 2 atom stereocenters. The zero-order valence-corrected chi connectivity index (χ0v) is 19.1. The second-order valence-electron chi connectivity index (χ2n) is 8.11. The summed E-state index contributed by atoms with van der Waals surface area (Å²) in [4.78, 5) is 16.6. The van der Waals surface area contributed by atoms with E-state index in [1.165, 1.54) is 0 Å². The Bertz CT molecular complexity index is 1230. The van der Waals surface area contributed by atoms with Gasteiger partial charge in [0.15, 0.2) is 0 Å². The van der Waals surface area contributed by atoms with Crippen LogP contribution in [0, 0.1) is 0 Å². The van der Waals surface area contributed by atoms with Crippen LogP contribution in [0.4, 0.5) is 0 Å². The van der Waals surface area contributed by atoms with E-state index in [9.17, 15) is 4.79 Å². The number of hydrogen-bond donors (Lipinski definition) is 0. The predicted molar refractivity (Wildman–Crippen MR) is 128 cm³/mol. The number of nitrogens with zero attached hydrogens (tertiary/aromatic N) is 2. The van der Waals surface area contributed by atoms with Gasteiger partial charge in [-0.15, -0.1) is 0 Å². The molecule has 172 valence electrons. The fourth-order valence-electron chi connectivity index (χ4n) is 4.02. The average molecular weight is 475 g/mol. The molecule has 34 heavy (non-hydrogen) atoms. The van der Waals surface area contributed by atoms with E-state index in [1.54, 1.807) is 36.8 Å². The molecule has 1 saturated heterocycles. The van der Waals surface area contributed by atoms with Gasteiger partial charge in [0, 0.05) is 23.0 Å². The van der Waals surface area contributed by atoms with Gasteiger partial charge in [0.25, 0.3) is 0 Å². The molecule has 4 aromatic rings. The van der Waals surface area contributed by atoms with Crippen molar-refractivity contribution in [3.8, 4) is 16.9 Å². The molecule has 1 fully saturated rings. The van der Waals surface area contributed by atoms with Gasteiger partial charge in [-0.3, -0.25) is 4.79 Å². The zero-order valence-electron chi connectivity index (χ0n) is 18.3. The van der Waals surface area contributed by atoms with Gasteiger partial charge < -0.3 is 18.8 Å². The first kappa shape index (κ1) is 22.3. The second-order valence-corrected chi connectivity index (χ2v) is 8.55. The molecule has 2 heterocycles. The number of carbonyl (C=O) groups is 1. The lowest BCUT2D eigenvalue weighted by molar-refractivity contribution is -0.188. The third-order valence-electron chi connectivity index (χ3n) is 5.68. The van der Waals surface area contributed by atoms with Gasteiger partial charge >= 0.3 is 5.97 Å². The van der Waals surface area contributed by atoms with E-state index in [-0.39, 0.29) is 13.0 Å². The van der Waals surface area contributed by atoms with Crippen molar-refractivity contribution in [3.05, 3.63) is 108 Å². The number of hydrogen-bond acceptors (Lipinski definition) is 5. The molecule has 0 radical (unpaired) electrons. The standard InChI is InChI=1S/C27H23ClN2O4/c28-23-10-12-24(13-11-23)33-26(31)16-25-17-32-27(34-25,18-30-15-14-29-19-30)22-8-6-21(7-9-22)20-4-2-1-3-5-20/h1-15,19,25H,16-18H2/t25-,27-/m0/s1. The molecule has 6 nitrogen and oxygen atoms in total. The third-order valence-corrected chi connectivity index (χ3v) is 5.93. The smallest absolute Gasteiger partial charge is 0.313 e. The second kappa shape index (κ2) is 9.81. The molecule has 0 aliphatic carbocycles. The van der Waals surface area contributed by atoms with E-state index in [1.807, 2.05) is 41.1 Å². The highest BCUT2D eigenvalue weighted by Crippen LogP contribution is 2.38. The zero-order chi connectivity index (χ0) is 23.4. The molecule has 1 aromatic heterocycles. The lowest BCUT2D eigenvalue weighted by atomic mass is 10.00. The van der Waals surface area contributed by atoms with Crippen molar-refractivity contribution in [2.75, 3.05) is 6.61 Å². The minimum Gasteiger partial charge on any atom is -0.426 e. The van der Waals surface area contributed by atoms with Crippen LogP contribution in [0.15, 0.2) is 97.6 Å². The van der Waals surface area contributed by atoms with Crippen LogP contribution in [-0.4, -0.2) is 28.2 Å². The van der Waals surface area contributed by atoms with Crippen LogP contribution in [0.2, 0.25) is 5.02 Å². The van der Waals surface area contributed by atoms with E-state index in [0.29, 0.717) is 17.3 Å². The van der Waals surface area contributed by atoms with Gasteiger partial charge in [-0.2, -0.15) is 0 Å². The molecule has 0 unspecified atom stereocenters. The molecule has 7 heteroatoms. The summed E-state index contributed by atoms with van der Waals surface area (Å²) in [5.74, 6) is -0.996. The molecule has 1 aliphatic heterocycles. The van der Waals surface area contributed by atoms with Crippen molar-refractivity contribution in [2.45, 2.75) is 24.9 Å². The number of halogens is 1. The largest absolute Gasteiger partial charge is 0.426 e. The Labute approximate surface area is 202 Å². The van der Waals surface area contributed by atoms with Crippen LogP contribution in [0.5, 0.6) is 5.75 Å². The fraction of sp³-hybridized carbons (Fsp3) is 0.185. The number of ether oxygens (including phenoxy) is 3. The first-order chi connectivity index (χ1) is 16.6. The normalized spacial score (nSPS) is 19.7. The van der Waals surface area contributed by atoms with Gasteiger partial charge in [0.1, 0.15) is 5.75 Å². The van der Waals surface area contributed by atoms with Gasteiger partial charge in [0.05, 0.1) is 32.0 Å². The van der Waals surface area contributed by atoms with Crippen molar-refractivity contribution in [1.82, 2.24) is 9.55 Å². The SMILES string of the molecule is O=C(C[C@H]1CO[C@](Cn2ccnc2)(c2ccc(-c3ccccc3)cc2)O1)Oc1ccc(Cl)cc1. The Hall–Kier alpha value is -3.45. The topological polar surface area (TPSA) is 62.6 Å². The highest BCUT2D eigenvalue weighted by molar-refractivity contribution is 6.30. The summed E-state index contributed by atoms with van der Waals surface area (Å²) >= 11 is 5.89. The Morgan fingerprint density at radius 2 is 1.76 bits per heavy atom. The van der Waals surface area contributed by atoms with E-state index in [0.717, 1.165) is 16.7 Å². The number of rotatable bonds is 7. The van der Waals surface area contributed by atoms with Gasteiger partial charge in [0.2, 0.25) is 5.79 Å². The summed E-state index contributed by atoms with van der Waals surface area (Å²) in [5, 5.41) is 0.579. The number of aromatic nitrogens is 2. The minimum absolute atomic E-state index is 0.0659. The highest BCUT2D eigenvalue weighted by Gasteiger charge is 2.44. The summed E-state index contributed by atoms with van der Waals surface area (Å²) in [5.41, 5.74) is 3.10. The van der Waals surface area contributed by atoms with Crippen molar-refractivity contribution < 1.29 is 19.0 Å². The number of carbonyl (C=O) groups excluding carboxylic acids is 1. The quantitative estimate of drug-likeness (QED) is 0.262. The monoisotopic (exact) mass is 474 g/mol. The van der Waals surface area contributed by atoms with Crippen molar-refractivity contribution in [1.29, 1.82) is 0 Å². The third kappa shape index (κ3) is 5.04. The maximum absolute atomic E-state index is 12.5. The summed E-state index contributed by atoms with van der Waals surface area (Å²) < 4.78 is 19.9. The average Bonchev–Trinajstić information content (AvgIpc) is 3.52. The highest BCUT2D eigenvalue weighted by atomic mass is 35.5. The van der Waals surface area contributed by atoms with Crippen LogP contribution in [0.1, 0.15) is 12.0 Å². The number of imidazole rings is 1. The number of esters is 1. The Kier molecular flexibility index (Phi) is 6.45. The maximum Gasteiger partial charge on any atom is 0.313 e. The lowest BCUT2D eigenvalue weighted by Gasteiger charge is -2.29. The fourth-order valence-corrected chi connectivity index (χ4v) is 4.15. The molecule has 5 rings (SSSR count). The number of benzene rings is 3. The summed E-state index contributed by atoms with van der Waals surface area (Å²) in [6.07, 6.45) is 4.90. The van der Waals surface area contributed by atoms with Crippen LogP contribution in [0.25, 0.3) is 11.1 Å². The van der Waals surface area contributed by atoms with Crippen molar-refractivity contribution in [2.24, 2.45) is 0 Å². The minimum atomic E-state index is -1.04. The van der Waals surface area contributed by atoms with Gasteiger partial charge in [-0.25, -0.2) is 4.98 Å². The van der Waals surface area contributed by atoms with Gasteiger partial charge in [-0.1, -0.05) is 66.2 Å². The van der Waals surface area contributed by atoms with Crippen LogP contribution in [-0.2, 0) is 26.6 Å². The Morgan fingerprint density at radius 1 is 1.03 bits per heavy atom. The summed E-state index contributed by atoms with van der Waals surface area (Å²) in [6.45, 7) is 0.672. The predicted octanol–water partition coefficient (Wildman–Crippen LogP) is 5.47. The van der Waals surface area contributed by atoms with E-state index >= 15 is 0 Å². The Morgan fingerprint density at radius 3 is 2.47 bits per heavy atom. The first-order valence-electron chi connectivity index (χ1n) is 11.0. The summed E-state index contributed by atoms with van der Waals surface area (Å²) in [6, 6.07) is 24.9. The molecule has 0 saturated carbocycles. The van der Waals surface area contributed by atoms with Gasteiger partial charge in [-0.05, 0) is 35.4 Å². The molecular weight excluding hydrogens is 452 g/mol. The van der Waals surface area contributed by atoms with Crippen molar-refractivity contribution >= 4 is 17.6 Å². The van der Waals surface area contributed by atoms with E-state index in [2.05, 4.69) is 29.2 Å². The lowest BCUT2D eigenvalue weighted by Crippen LogP contribution is -2.33.